The quantitative estimate of drug-likeness (QED) is 0.188. The predicted octanol–water partition coefficient (Wildman–Crippen LogP) is 12.6. The van der Waals surface area contributed by atoms with Gasteiger partial charge < -0.3 is 8.83 Å². The van der Waals surface area contributed by atoms with Crippen LogP contribution in [0.3, 0.4) is 0 Å². The molecule has 4 heteroatoms. The van der Waals surface area contributed by atoms with Crippen LogP contribution < -0.4 is 0 Å². The van der Waals surface area contributed by atoms with E-state index in [-0.39, 0.29) is 0 Å². The third-order valence-corrected chi connectivity index (χ3v) is 9.51. The van der Waals surface area contributed by atoms with Crippen molar-refractivity contribution >= 4 is 43.7 Å². The normalized spacial score (nSPS) is 11.6. The number of hydrogen-bond acceptors (Lipinski definition) is 4. The van der Waals surface area contributed by atoms with E-state index in [0.29, 0.717) is 5.82 Å². The minimum Gasteiger partial charge on any atom is -0.456 e. The molecule has 0 radical (unpaired) electrons. The van der Waals surface area contributed by atoms with E-state index in [4.69, 9.17) is 18.8 Å². The summed E-state index contributed by atoms with van der Waals surface area (Å²) in [5.41, 5.74) is 10.4. The highest BCUT2D eigenvalue weighted by Crippen LogP contribution is 2.37. The summed E-state index contributed by atoms with van der Waals surface area (Å²) in [5.74, 6) is 1.45. The number of para-hydroxylation sites is 3. The first-order valence-corrected chi connectivity index (χ1v) is 16.7. The first-order chi connectivity index (χ1) is 24.7. The first-order valence-electron chi connectivity index (χ1n) is 16.7. The molecule has 10 aromatic rings. The van der Waals surface area contributed by atoms with Gasteiger partial charge in [0, 0.05) is 32.8 Å². The number of furan rings is 2. The van der Waals surface area contributed by atoms with Crippen molar-refractivity contribution in [3.8, 4) is 56.4 Å². The molecule has 0 atom stereocenters. The van der Waals surface area contributed by atoms with E-state index in [9.17, 15) is 0 Å². The van der Waals surface area contributed by atoms with Crippen LogP contribution in [0.1, 0.15) is 0 Å². The topological polar surface area (TPSA) is 52.1 Å². The molecule has 0 aliphatic carbocycles. The summed E-state index contributed by atoms with van der Waals surface area (Å²) in [6.07, 6.45) is 0. The molecule has 0 fully saturated rings. The van der Waals surface area contributed by atoms with E-state index in [1.165, 1.54) is 16.5 Å². The van der Waals surface area contributed by atoms with Crippen molar-refractivity contribution in [2.45, 2.75) is 0 Å². The van der Waals surface area contributed by atoms with Crippen molar-refractivity contribution < 1.29 is 8.83 Å². The summed E-state index contributed by atoms with van der Waals surface area (Å²) in [5, 5.41) is 5.54. The third-order valence-electron chi connectivity index (χ3n) is 9.51. The fourth-order valence-corrected chi connectivity index (χ4v) is 6.93. The van der Waals surface area contributed by atoms with E-state index in [2.05, 4.69) is 121 Å². The molecule has 0 bridgehead atoms. The van der Waals surface area contributed by atoms with E-state index in [1.807, 2.05) is 48.5 Å². The Morgan fingerprint density at radius 1 is 0.360 bits per heavy atom. The molecule has 10 rings (SSSR count). The summed E-state index contributed by atoms with van der Waals surface area (Å²) in [6, 6.07) is 58.6. The summed E-state index contributed by atoms with van der Waals surface area (Å²) < 4.78 is 12.6. The van der Waals surface area contributed by atoms with E-state index in [1.54, 1.807) is 0 Å². The molecule has 234 valence electrons. The maximum Gasteiger partial charge on any atom is 0.164 e. The summed E-state index contributed by atoms with van der Waals surface area (Å²) in [4.78, 5) is 10.4. The summed E-state index contributed by atoms with van der Waals surface area (Å²) in [7, 11) is 0. The Balaban J connectivity index is 1.11. The van der Waals surface area contributed by atoms with Crippen molar-refractivity contribution in [3.05, 3.63) is 170 Å². The van der Waals surface area contributed by atoms with Gasteiger partial charge in [-0.25, -0.2) is 9.97 Å². The SMILES string of the molecule is c1ccc(-c2ccc3cc(-c4cc(-c5ccc(-c6cc7ccccc7o6)cc5)nc(-c5cccc6c5oc5ccccc56)n4)ccc3c2)cc1. The van der Waals surface area contributed by atoms with Crippen LogP contribution in [0.5, 0.6) is 0 Å². The molecule has 7 aromatic carbocycles. The monoisotopic (exact) mass is 640 g/mol. The van der Waals surface area contributed by atoms with Gasteiger partial charge in [-0.05, 0) is 64.4 Å². The zero-order valence-corrected chi connectivity index (χ0v) is 26.9. The second kappa shape index (κ2) is 11.4. The van der Waals surface area contributed by atoms with Crippen molar-refractivity contribution in [1.82, 2.24) is 9.97 Å². The van der Waals surface area contributed by atoms with Gasteiger partial charge in [0.15, 0.2) is 5.82 Å². The highest BCUT2D eigenvalue weighted by molar-refractivity contribution is 6.09. The lowest BCUT2D eigenvalue weighted by Gasteiger charge is -2.11. The lowest BCUT2D eigenvalue weighted by Crippen LogP contribution is -1.96. The van der Waals surface area contributed by atoms with E-state index >= 15 is 0 Å². The van der Waals surface area contributed by atoms with Crippen molar-refractivity contribution in [2.24, 2.45) is 0 Å². The number of fused-ring (bicyclic) bond motifs is 5. The van der Waals surface area contributed by atoms with Crippen molar-refractivity contribution in [2.75, 3.05) is 0 Å². The van der Waals surface area contributed by atoms with Gasteiger partial charge in [0.25, 0.3) is 0 Å². The molecule has 0 amide bonds. The Morgan fingerprint density at radius 3 is 1.82 bits per heavy atom. The van der Waals surface area contributed by atoms with Gasteiger partial charge in [0.1, 0.15) is 22.5 Å². The van der Waals surface area contributed by atoms with Gasteiger partial charge in [-0.2, -0.15) is 0 Å². The fraction of sp³-hybridized carbons (Fsp3) is 0. The van der Waals surface area contributed by atoms with Gasteiger partial charge in [-0.3, -0.25) is 0 Å². The molecule has 4 nitrogen and oxygen atoms in total. The third kappa shape index (κ3) is 4.85. The molecule has 0 spiro atoms. The Labute approximate surface area is 287 Å². The lowest BCUT2D eigenvalue weighted by molar-refractivity contribution is 0.631. The van der Waals surface area contributed by atoms with Crippen LogP contribution in [-0.4, -0.2) is 9.97 Å². The van der Waals surface area contributed by atoms with Gasteiger partial charge in [-0.15, -0.1) is 0 Å². The first kappa shape index (κ1) is 28.3. The van der Waals surface area contributed by atoms with Gasteiger partial charge >= 0.3 is 0 Å². The van der Waals surface area contributed by atoms with Gasteiger partial charge in [0.2, 0.25) is 0 Å². The highest BCUT2D eigenvalue weighted by atomic mass is 16.3. The molecule has 0 aliphatic heterocycles. The zero-order chi connectivity index (χ0) is 33.0. The number of aromatic nitrogens is 2. The summed E-state index contributed by atoms with van der Waals surface area (Å²) in [6.45, 7) is 0. The second-order valence-corrected chi connectivity index (χ2v) is 12.6. The minimum absolute atomic E-state index is 0.614. The maximum absolute atomic E-state index is 6.43. The van der Waals surface area contributed by atoms with Crippen LogP contribution in [0.25, 0.3) is 100 Å². The van der Waals surface area contributed by atoms with Gasteiger partial charge in [0.05, 0.1) is 17.0 Å². The van der Waals surface area contributed by atoms with Crippen LogP contribution in [0.4, 0.5) is 0 Å². The Morgan fingerprint density at radius 2 is 1.00 bits per heavy atom. The minimum atomic E-state index is 0.614. The largest absolute Gasteiger partial charge is 0.456 e. The number of rotatable bonds is 5. The molecule has 50 heavy (non-hydrogen) atoms. The van der Waals surface area contributed by atoms with Crippen LogP contribution in [0.15, 0.2) is 179 Å². The van der Waals surface area contributed by atoms with E-state index < -0.39 is 0 Å². The highest BCUT2D eigenvalue weighted by Gasteiger charge is 2.17. The van der Waals surface area contributed by atoms with E-state index in [0.717, 1.165) is 77.7 Å². The van der Waals surface area contributed by atoms with Gasteiger partial charge in [-0.1, -0.05) is 127 Å². The lowest BCUT2D eigenvalue weighted by atomic mass is 9.98. The molecule has 0 N–H and O–H groups in total. The molecule has 0 unspecified atom stereocenters. The molecular formula is C46H28N2O2. The Kier molecular flexibility index (Phi) is 6.46. The predicted molar refractivity (Wildman–Crippen MR) is 204 cm³/mol. The van der Waals surface area contributed by atoms with Crippen LogP contribution >= 0.6 is 0 Å². The molecule has 3 aromatic heterocycles. The molecule has 3 heterocycles. The number of nitrogens with zero attached hydrogens (tertiary/aromatic N) is 2. The number of benzene rings is 7. The molecule has 0 saturated carbocycles. The molecule has 0 aliphatic rings. The Hall–Kier alpha value is -6.78. The maximum atomic E-state index is 6.43. The average Bonchev–Trinajstić information content (AvgIpc) is 3.80. The average molecular weight is 641 g/mol. The van der Waals surface area contributed by atoms with Crippen molar-refractivity contribution in [1.29, 1.82) is 0 Å². The molecule has 0 saturated heterocycles. The van der Waals surface area contributed by atoms with Crippen LogP contribution in [0.2, 0.25) is 0 Å². The standard InChI is InChI=1S/C46H28N2O2/c1-2-9-29(10-3-1)32-21-22-34-26-35(24-23-33(34)25-32)41-28-40(30-17-19-31(20-18-30)44-27-36-11-4-6-15-42(36)49-44)47-46(48-41)39-14-8-13-38-37-12-5-7-16-43(37)50-45(38)39/h1-28H. The van der Waals surface area contributed by atoms with Crippen LogP contribution in [0, 0.1) is 0 Å². The number of hydrogen-bond donors (Lipinski definition) is 0. The zero-order valence-electron chi connectivity index (χ0n) is 26.9. The fourth-order valence-electron chi connectivity index (χ4n) is 6.93. The van der Waals surface area contributed by atoms with Crippen molar-refractivity contribution in [3.63, 3.8) is 0 Å². The summed E-state index contributed by atoms with van der Waals surface area (Å²) >= 11 is 0. The smallest absolute Gasteiger partial charge is 0.164 e. The Bertz CT molecular complexity index is 2830. The molecular weight excluding hydrogens is 613 g/mol. The second-order valence-electron chi connectivity index (χ2n) is 12.6. The van der Waals surface area contributed by atoms with Crippen LogP contribution in [-0.2, 0) is 0 Å².